The highest BCUT2D eigenvalue weighted by atomic mass is 35.5. The Bertz CT molecular complexity index is 751. The third kappa shape index (κ3) is 3.31. The largest absolute Gasteiger partial charge is 0.340 e. The van der Waals surface area contributed by atoms with E-state index >= 15 is 0 Å². The zero-order chi connectivity index (χ0) is 14.9. The number of aromatic amines is 1. The van der Waals surface area contributed by atoms with Crippen LogP contribution >= 0.6 is 23.2 Å². The number of primary sulfonamides is 1. The van der Waals surface area contributed by atoms with Crippen molar-refractivity contribution in [1.29, 1.82) is 0 Å². The molecule has 2 aromatic rings. The quantitative estimate of drug-likeness (QED) is 0.801. The van der Waals surface area contributed by atoms with Crippen molar-refractivity contribution in [3.05, 3.63) is 46.2 Å². The van der Waals surface area contributed by atoms with Gasteiger partial charge in [-0.15, -0.1) is 0 Å². The topological polar surface area (TPSA) is 105 Å². The molecule has 106 valence electrons. The molecule has 0 atom stereocenters. The van der Waals surface area contributed by atoms with Gasteiger partial charge in [0.1, 0.15) is 10.8 Å². The van der Waals surface area contributed by atoms with Gasteiger partial charge in [0.25, 0.3) is 5.91 Å². The van der Waals surface area contributed by atoms with Crippen LogP contribution in [0.1, 0.15) is 10.5 Å². The third-order valence-electron chi connectivity index (χ3n) is 2.39. The Balaban J connectivity index is 2.24. The van der Waals surface area contributed by atoms with E-state index in [-0.39, 0.29) is 26.5 Å². The number of anilines is 1. The summed E-state index contributed by atoms with van der Waals surface area (Å²) in [4.78, 5) is 14.4. The van der Waals surface area contributed by atoms with E-state index in [9.17, 15) is 13.2 Å². The van der Waals surface area contributed by atoms with Gasteiger partial charge in [0.2, 0.25) is 10.0 Å². The number of benzene rings is 1. The number of hydrogen-bond acceptors (Lipinski definition) is 3. The molecule has 0 unspecified atom stereocenters. The first-order chi connectivity index (χ1) is 9.27. The Morgan fingerprint density at radius 1 is 1.25 bits per heavy atom. The Morgan fingerprint density at radius 2 is 1.95 bits per heavy atom. The van der Waals surface area contributed by atoms with Crippen molar-refractivity contribution >= 4 is 44.8 Å². The van der Waals surface area contributed by atoms with Gasteiger partial charge in [0, 0.05) is 5.69 Å². The molecule has 1 amide bonds. The summed E-state index contributed by atoms with van der Waals surface area (Å²) in [6, 6.07) is 6.93. The number of aromatic nitrogens is 1. The fourth-order valence-corrected chi connectivity index (χ4v) is 2.35. The zero-order valence-electron chi connectivity index (χ0n) is 9.85. The summed E-state index contributed by atoms with van der Waals surface area (Å²) >= 11 is 11.4. The van der Waals surface area contributed by atoms with Gasteiger partial charge < -0.3 is 10.3 Å². The molecule has 0 saturated heterocycles. The maximum absolute atomic E-state index is 11.9. The van der Waals surface area contributed by atoms with E-state index in [4.69, 9.17) is 28.3 Å². The molecule has 0 radical (unpaired) electrons. The van der Waals surface area contributed by atoms with E-state index in [0.717, 1.165) is 0 Å². The second kappa shape index (κ2) is 5.45. The number of nitrogens with one attached hydrogen (secondary N) is 2. The molecular weight excluding hydrogens is 325 g/mol. The van der Waals surface area contributed by atoms with Crippen molar-refractivity contribution in [3.8, 4) is 0 Å². The number of sulfonamides is 1. The van der Waals surface area contributed by atoms with Crippen LogP contribution in [0.25, 0.3) is 0 Å². The number of nitrogens with two attached hydrogens (primary N) is 1. The second-order valence-electron chi connectivity index (χ2n) is 3.87. The third-order valence-corrected chi connectivity index (χ3v) is 3.99. The van der Waals surface area contributed by atoms with Crippen LogP contribution in [0.2, 0.25) is 10.2 Å². The lowest BCUT2D eigenvalue weighted by Gasteiger charge is -2.05. The summed E-state index contributed by atoms with van der Waals surface area (Å²) in [5.74, 6) is -0.509. The summed E-state index contributed by atoms with van der Waals surface area (Å²) in [5, 5.41) is 7.88. The maximum Gasteiger partial charge on any atom is 0.272 e. The molecule has 0 bridgehead atoms. The van der Waals surface area contributed by atoms with E-state index < -0.39 is 15.9 Å². The molecule has 1 aromatic carbocycles. The molecule has 0 aliphatic rings. The number of carbonyl (C=O) groups excluding carboxylic acids is 1. The molecule has 20 heavy (non-hydrogen) atoms. The average molecular weight is 334 g/mol. The summed E-state index contributed by atoms with van der Waals surface area (Å²) in [7, 11) is -3.83. The maximum atomic E-state index is 11.9. The van der Waals surface area contributed by atoms with E-state index in [0.29, 0.717) is 0 Å². The molecule has 1 heterocycles. The smallest absolute Gasteiger partial charge is 0.272 e. The highest BCUT2D eigenvalue weighted by molar-refractivity contribution is 7.89. The van der Waals surface area contributed by atoms with Crippen LogP contribution in [0, 0.1) is 0 Å². The fraction of sp³-hybridized carbons (Fsp3) is 0. The zero-order valence-corrected chi connectivity index (χ0v) is 12.2. The first-order valence-corrected chi connectivity index (χ1v) is 7.56. The van der Waals surface area contributed by atoms with Crippen molar-refractivity contribution in [2.24, 2.45) is 5.14 Å². The van der Waals surface area contributed by atoms with Crippen molar-refractivity contribution in [3.63, 3.8) is 0 Å². The Hall–Kier alpha value is -1.54. The molecule has 0 fully saturated rings. The number of carbonyl (C=O) groups is 1. The second-order valence-corrected chi connectivity index (χ2v) is 6.22. The molecule has 1 aromatic heterocycles. The SMILES string of the molecule is NS(=O)(=O)c1cccc(NC(=O)c2cc(Cl)c(Cl)[nH]2)c1. The van der Waals surface area contributed by atoms with Gasteiger partial charge in [0.15, 0.2) is 0 Å². The standard InChI is InChI=1S/C11H9Cl2N3O3S/c12-8-5-9(16-10(8)13)11(17)15-6-2-1-3-7(4-6)20(14,18)19/h1-5,16H,(H,15,17)(H2,14,18,19). The van der Waals surface area contributed by atoms with Crippen molar-refractivity contribution in [2.45, 2.75) is 4.90 Å². The average Bonchev–Trinajstić information content (AvgIpc) is 2.69. The molecule has 0 saturated carbocycles. The molecule has 9 heteroatoms. The first kappa shape index (κ1) is 14.9. The highest BCUT2D eigenvalue weighted by Crippen LogP contribution is 2.22. The Kier molecular flexibility index (Phi) is 4.05. The first-order valence-electron chi connectivity index (χ1n) is 5.25. The van der Waals surface area contributed by atoms with Crippen LogP contribution in [0.15, 0.2) is 35.2 Å². The Labute approximate surface area is 124 Å². The summed E-state index contributed by atoms with van der Waals surface area (Å²) < 4.78 is 22.4. The monoisotopic (exact) mass is 333 g/mol. The van der Waals surface area contributed by atoms with Crippen molar-refractivity contribution in [1.82, 2.24) is 4.98 Å². The van der Waals surface area contributed by atoms with Gasteiger partial charge in [-0.3, -0.25) is 4.79 Å². The fourth-order valence-electron chi connectivity index (χ4n) is 1.48. The van der Waals surface area contributed by atoms with Crippen molar-refractivity contribution in [2.75, 3.05) is 5.32 Å². The minimum atomic E-state index is -3.83. The minimum Gasteiger partial charge on any atom is -0.340 e. The highest BCUT2D eigenvalue weighted by Gasteiger charge is 2.13. The minimum absolute atomic E-state index is 0.0992. The van der Waals surface area contributed by atoms with Crippen LogP contribution in [-0.4, -0.2) is 19.3 Å². The van der Waals surface area contributed by atoms with E-state index in [2.05, 4.69) is 10.3 Å². The van der Waals surface area contributed by atoms with E-state index in [1.54, 1.807) is 0 Å². The van der Waals surface area contributed by atoms with Gasteiger partial charge in [-0.25, -0.2) is 13.6 Å². The lowest BCUT2D eigenvalue weighted by atomic mass is 10.3. The molecule has 0 aliphatic carbocycles. The molecule has 0 spiro atoms. The number of amides is 1. The van der Waals surface area contributed by atoms with Gasteiger partial charge in [0.05, 0.1) is 9.92 Å². The number of H-pyrrole nitrogens is 1. The molecule has 4 N–H and O–H groups in total. The van der Waals surface area contributed by atoms with Crippen LogP contribution in [0.3, 0.4) is 0 Å². The predicted octanol–water partition coefficient (Wildman–Crippen LogP) is 2.22. The van der Waals surface area contributed by atoms with Gasteiger partial charge in [-0.2, -0.15) is 0 Å². The number of halogens is 2. The van der Waals surface area contributed by atoms with Crippen molar-refractivity contribution < 1.29 is 13.2 Å². The van der Waals surface area contributed by atoms with Gasteiger partial charge >= 0.3 is 0 Å². The summed E-state index contributed by atoms with van der Waals surface area (Å²) in [6.07, 6.45) is 0. The summed E-state index contributed by atoms with van der Waals surface area (Å²) in [6.45, 7) is 0. The summed E-state index contributed by atoms with van der Waals surface area (Å²) in [5.41, 5.74) is 0.435. The van der Waals surface area contributed by atoms with Crippen LogP contribution in [0.5, 0.6) is 0 Å². The van der Waals surface area contributed by atoms with Gasteiger partial charge in [-0.1, -0.05) is 29.3 Å². The van der Waals surface area contributed by atoms with E-state index in [1.165, 1.54) is 30.3 Å². The normalized spacial score (nSPS) is 11.3. The predicted molar refractivity (Wildman–Crippen MR) is 76.6 cm³/mol. The number of hydrogen-bond donors (Lipinski definition) is 3. The molecule has 2 rings (SSSR count). The van der Waals surface area contributed by atoms with Crippen LogP contribution in [-0.2, 0) is 10.0 Å². The molecule has 6 nitrogen and oxygen atoms in total. The molecular formula is C11H9Cl2N3O3S. The van der Waals surface area contributed by atoms with Crippen LogP contribution in [0.4, 0.5) is 5.69 Å². The lowest BCUT2D eigenvalue weighted by Crippen LogP contribution is -2.15. The van der Waals surface area contributed by atoms with Crippen LogP contribution < -0.4 is 10.5 Å². The van der Waals surface area contributed by atoms with Gasteiger partial charge in [-0.05, 0) is 24.3 Å². The lowest BCUT2D eigenvalue weighted by molar-refractivity contribution is 0.102. The van der Waals surface area contributed by atoms with E-state index in [1.807, 2.05) is 0 Å². The molecule has 0 aliphatic heterocycles. The number of rotatable bonds is 3. The Morgan fingerprint density at radius 3 is 2.50 bits per heavy atom.